The SMILES string of the molecule is O=C(NCCN1CCN(c2cccc(Cl)c2)CC1)Nc1ccccc1. The number of urea groups is 1. The van der Waals surface area contributed by atoms with Crippen molar-refractivity contribution in [3.63, 3.8) is 0 Å². The Bertz CT molecular complexity index is 687. The second-order valence-corrected chi connectivity index (χ2v) is 6.49. The first-order chi connectivity index (χ1) is 12.2. The van der Waals surface area contributed by atoms with E-state index in [1.165, 1.54) is 5.69 Å². The lowest BCUT2D eigenvalue weighted by Crippen LogP contribution is -2.48. The number of carbonyl (C=O) groups excluding carboxylic acids is 1. The van der Waals surface area contributed by atoms with Crippen LogP contribution in [-0.4, -0.2) is 50.2 Å². The summed E-state index contributed by atoms with van der Waals surface area (Å²) in [6.45, 7) is 5.39. The average molecular weight is 359 g/mol. The van der Waals surface area contributed by atoms with Gasteiger partial charge in [-0.15, -0.1) is 0 Å². The van der Waals surface area contributed by atoms with Crippen molar-refractivity contribution < 1.29 is 4.79 Å². The summed E-state index contributed by atoms with van der Waals surface area (Å²) in [6, 6.07) is 17.3. The van der Waals surface area contributed by atoms with E-state index in [0.29, 0.717) is 6.54 Å². The third-order valence-electron chi connectivity index (χ3n) is 4.29. The predicted molar refractivity (Wildman–Crippen MR) is 104 cm³/mol. The Morgan fingerprint density at radius 2 is 1.76 bits per heavy atom. The van der Waals surface area contributed by atoms with Gasteiger partial charge in [-0.05, 0) is 30.3 Å². The zero-order chi connectivity index (χ0) is 17.5. The molecule has 2 aromatic rings. The number of nitrogens with zero attached hydrogens (tertiary/aromatic N) is 2. The molecule has 5 nitrogen and oxygen atoms in total. The van der Waals surface area contributed by atoms with Crippen LogP contribution in [0, 0.1) is 0 Å². The molecule has 2 N–H and O–H groups in total. The summed E-state index contributed by atoms with van der Waals surface area (Å²) < 4.78 is 0. The number of hydrogen-bond donors (Lipinski definition) is 2. The van der Waals surface area contributed by atoms with Crippen LogP contribution >= 0.6 is 11.6 Å². The Kier molecular flexibility index (Phi) is 6.14. The van der Waals surface area contributed by atoms with Crippen LogP contribution in [0.4, 0.5) is 16.2 Å². The van der Waals surface area contributed by atoms with Gasteiger partial charge >= 0.3 is 6.03 Å². The molecule has 2 aromatic carbocycles. The first-order valence-electron chi connectivity index (χ1n) is 8.53. The lowest BCUT2D eigenvalue weighted by Gasteiger charge is -2.36. The zero-order valence-electron chi connectivity index (χ0n) is 14.1. The van der Waals surface area contributed by atoms with Gasteiger partial charge in [-0.3, -0.25) is 4.90 Å². The zero-order valence-corrected chi connectivity index (χ0v) is 14.9. The summed E-state index contributed by atoms with van der Waals surface area (Å²) in [5.41, 5.74) is 1.97. The predicted octanol–water partition coefficient (Wildman–Crippen LogP) is 3.28. The molecule has 6 heteroatoms. The first-order valence-corrected chi connectivity index (χ1v) is 8.91. The second-order valence-electron chi connectivity index (χ2n) is 6.06. The number of carbonyl (C=O) groups is 1. The van der Waals surface area contributed by atoms with Crippen LogP contribution in [-0.2, 0) is 0 Å². The lowest BCUT2D eigenvalue weighted by atomic mass is 10.2. The standard InChI is InChI=1S/C19H23ClN4O/c20-16-5-4-8-18(15-16)24-13-11-23(12-14-24)10-9-21-19(25)22-17-6-2-1-3-7-17/h1-8,15H,9-14H2,(H2,21,22,25). The highest BCUT2D eigenvalue weighted by Crippen LogP contribution is 2.20. The van der Waals surface area contributed by atoms with Crippen molar-refractivity contribution in [2.75, 3.05) is 49.5 Å². The van der Waals surface area contributed by atoms with Gasteiger partial charge < -0.3 is 15.5 Å². The molecular weight excluding hydrogens is 336 g/mol. The van der Waals surface area contributed by atoms with Crippen molar-refractivity contribution in [3.05, 3.63) is 59.6 Å². The number of halogens is 1. The quantitative estimate of drug-likeness (QED) is 0.862. The summed E-state index contributed by atoms with van der Waals surface area (Å²) >= 11 is 6.07. The molecule has 1 aliphatic rings. The van der Waals surface area contributed by atoms with Gasteiger partial charge in [0.2, 0.25) is 0 Å². The minimum absolute atomic E-state index is 0.163. The van der Waals surface area contributed by atoms with Crippen molar-refractivity contribution in [2.45, 2.75) is 0 Å². The van der Waals surface area contributed by atoms with E-state index in [1.807, 2.05) is 48.5 Å². The Labute approximate surface area is 153 Å². The molecule has 1 aliphatic heterocycles. The average Bonchev–Trinajstić information content (AvgIpc) is 2.63. The molecule has 0 unspecified atom stereocenters. The van der Waals surface area contributed by atoms with Crippen LogP contribution in [0.15, 0.2) is 54.6 Å². The highest BCUT2D eigenvalue weighted by atomic mass is 35.5. The fraction of sp³-hybridized carbons (Fsp3) is 0.316. The molecule has 1 saturated heterocycles. The number of anilines is 2. The number of amides is 2. The molecule has 0 spiro atoms. The smallest absolute Gasteiger partial charge is 0.319 e. The van der Waals surface area contributed by atoms with Gasteiger partial charge in [-0.1, -0.05) is 35.9 Å². The Balaban J connectivity index is 1.36. The third-order valence-corrected chi connectivity index (χ3v) is 4.53. The Morgan fingerprint density at radius 1 is 1.00 bits per heavy atom. The molecule has 3 rings (SSSR count). The van der Waals surface area contributed by atoms with Crippen LogP contribution in [0.2, 0.25) is 5.02 Å². The maximum Gasteiger partial charge on any atom is 0.319 e. The largest absolute Gasteiger partial charge is 0.369 e. The van der Waals surface area contributed by atoms with Crippen LogP contribution in [0.1, 0.15) is 0 Å². The molecular formula is C19H23ClN4O. The fourth-order valence-electron chi connectivity index (χ4n) is 2.93. The number of benzene rings is 2. The van der Waals surface area contributed by atoms with E-state index in [2.05, 4.69) is 26.5 Å². The van der Waals surface area contributed by atoms with Crippen molar-refractivity contribution in [3.8, 4) is 0 Å². The Hall–Kier alpha value is -2.24. The monoisotopic (exact) mass is 358 g/mol. The molecule has 0 atom stereocenters. The summed E-state index contributed by atoms with van der Waals surface area (Å²) in [6.07, 6.45) is 0. The molecule has 132 valence electrons. The topological polar surface area (TPSA) is 47.6 Å². The van der Waals surface area contributed by atoms with Crippen molar-refractivity contribution in [1.29, 1.82) is 0 Å². The molecule has 0 aliphatic carbocycles. The molecule has 1 heterocycles. The van der Waals surface area contributed by atoms with E-state index in [0.717, 1.165) is 43.4 Å². The normalized spacial score (nSPS) is 15.0. The number of para-hydroxylation sites is 1. The summed E-state index contributed by atoms with van der Waals surface area (Å²) in [7, 11) is 0. The maximum atomic E-state index is 11.9. The minimum Gasteiger partial charge on any atom is -0.369 e. The van der Waals surface area contributed by atoms with Crippen LogP contribution < -0.4 is 15.5 Å². The van der Waals surface area contributed by atoms with E-state index in [4.69, 9.17) is 11.6 Å². The number of rotatable bonds is 5. The fourth-order valence-corrected chi connectivity index (χ4v) is 3.11. The van der Waals surface area contributed by atoms with Gasteiger partial charge in [0.15, 0.2) is 0 Å². The van der Waals surface area contributed by atoms with Gasteiger partial charge in [0, 0.05) is 55.7 Å². The van der Waals surface area contributed by atoms with E-state index < -0.39 is 0 Å². The molecule has 0 bridgehead atoms. The van der Waals surface area contributed by atoms with Gasteiger partial charge in [0.25, 0.3) is 0 Å². The van der Waals surface area contributed by atoms with Gasteiger partial charge in [-0.25, -0.2) is 4.79 Å². The highest BCUT2D eigenvalue weighted by Gasteiger charge is 2.17. The maximum absolute atomic E-state index is 11.9. The molecule has 0 aromatic heterocycles. The number of hydrogen-bond acceptors (Lipinski definition) is 3. The molecule has 2 amide bonds. The van der Waals surface area contributed by atoms with E-state index in [9.17, 15) is 4.79 Å². The molecule has 25 heavy (non-hydrogen) atoms. The summed E-state index contributed by atoms with van der Waals surface area (Å²) in [5.74, 6) is 0. The molecule has 1 fully saturated rings. The first kappa shape index (κ1) is 17.6. The van der Waals surface area contributed by atoms with E-state index in [1.54, 1.807) is 0 Å². The van der Waals surface area contributed by atoms with Gasteiger partial charge in [-0.2, -0.15) is 0 Å². The number of nitrogens with one attached hydrogen (secondary N) is 2. The number of piperazine rings is 1. The molecule has 0 saturated carbocycles. The van der Waals surface area contributed by atoms with Crippen molar-refractivity contribution >= 4 is 29.0 Å². The van der Waals surface area contributed by atoms with Crippen LogP contribution in [0.5, 0.6) is 0 Å². The van der Waals surface area contributed by atoms with Crippen LogP contribution in [0.25, 0.3) is 0 Å². The van der Waals surface area contributed by atoms with Gasteiger partial charge in [0.05, 0.1) is 0 Å². The van der Waals surface area contributed by atoms with Crippen molar-refractivity contribution in [2.24, 2.45) is 0 Å². The van der Waals surface area contributed by atoms with E-state index >= 15 is 0 Å². The minimum atomic E-state index is -0.163. The second kappa shape index (κ2) is 8.74. The lowest BCUT2D eigenvalue weighted by molar-refractivity contribution is 0.240. The Morgan fingerprint density at radius 3 is 2.48 bits per heavy atom. The van der Waals surface area contributed by atoms with Crippen molar-refractivity contribution in [1.82, 2.24) is 10.2 Å². The summed E-state index contributed by atoms with van der Waals surface area (Å²) in [4.78, 5) is 16.6. The molecule has 0 radical (unpaired) electrons. The van der Waals surface area contributed by atoms with Gasteiger partial charge in [0.1, 0.15) is 0 Å². The summed E-state index contributed by atoms with van der Waals surface area (Å²) in [5, 5.41) is 6.50. The third kappa shape index (κ3) is 5.37. The van der Waals surface area contributed by atoms with E-state index in [-0.39, 0.29) is 6.03 Å². The van der Waals surface area contributed by atoms with Crippen LogP contribution in [0.3, 0.4) is 0 Å². The highest BCUT2D eigenvalue weighted by molar-refractivity contribution is 6.30.